The number of carbonyl (C=O) groups is 1. The Morgan fingerprint density at radius 1 is 1.22 bits per heavy atom. The third-order valence-corrected chi connectivity index (χ3v) is 7.16. The molecular weight excluding hydrogens is 472 g/mol. The van der Waals surface area contributed by atoms with Gasteiger partial charge in [-0.1, -0.05) is 25.7 Å². The Morgan fingerprint density at radius 2 is 1.97 bits per heavy atom. The molecule has 3 aromatic rings. The molecule has 194 valence electrons. The molecule has 0 atom stereocenters. The predicted octanol–water partition coefficient (Wildman–Crippen LogP) is 4.73. The highest BCUT2D eigenvalue weighted by molar-refractivity contribution is 5.97. The van der Waals surface area contributed by atoms with Gasteiger partial charge >= 0.3 is 0 Å². The Bertz CT molecular complexity index is 1400. The molecule has 9 heteroatoms. The Balaban J connectivity index is 1.38. The maximum Gasteiger partial charge on any atom is 0.227 e. The van der Waals surface area contributed by atoms with E-state index in [9.17, 15) is 14.7 Å². The van der Waals surface area contributed by atoms with E-state index in [4.69, 9.17) is 9.15 Å². The van der Waals surface area contributed by atoms with E-state index in [1.165, 1.54) is 37.8 Å². The van der Waals surface area contributed by atoms with Gasteiger partial charge in [0.1, 0.15) is 0 Å². The molecule has 2 N–H and O–H groups in total. The first-order chi connectivity index (χ1) is 17.9. The number of Topliss-reactive ketones (excluding diaryl/α,β-unsaturated/α-hetero) is 1. The zero-order chi connectivity index (χ0) is 25.9. The van der Waals surface area contributed by atoms with Crippen LogP contribution >= 0.6 is 0 Å². The minimum atomic E-state index is -0.252. The normalized spacial score (nSPS) is 16.9. The van der Waals surface area contributed by atoms with Gasteiger partial charge < -0.3 is 24.5 Å². The number of ketones is 1. The quantitative estimate of drug-likeness (QED) is 0.440. The molecule has 2 aliphatic rings. The molecule has 1 aromatic carbocycles. The van der Waals surface area contributed by atoms with Crippen molar-refractivity contribution in [1.82, 2.24) is 9.97 Å². The lowest BCUT2D eigenvalue weighted by Gasteiger charge is -2.27. The number of carbonyl (C=O) groups excluding carboxylic acids is 1. The lowest BCUT2D eigenvalue weighted by atomic mass is 9.94. The summed E-state index contributed by atoms with van der Waals surface area (Å²) >= 11 is 0. The van der Waals surface area contributed by atoms with Crippen LogP contribution in [0.25, 0.3) is 17.0 Å². The largest absolute Gasteiger partial charge is 0.504 e. The van der Waals surface area contributed by atoms with Crippen LogP contribution in [0.2, 0.25) is 0 Å². The van der Waals surface area contributed by atoms with Crippen LogP contribution in [-0.2, 0) is 9.53 Å². The number of nitrogens with one attached hydrogen (secondary N) is 1. The summed E-state index contributed by atoms with van der Waals surface area (Å²) in [6, 6.07) is 4.54. The van der Waals surface area contributed by atoms with Gasteiger partial charge in [-0.15, -0.1) is 0 Å². The molecule has 1 saturated heterocycles. The summed E-state index contributed by atoms with van der Waals surface area (Å²) in [4.78, 5) is 36.0. The number of morpholine rings is 1. The van der Waals surface area contributed by atoms with Crippen molar-refractivity contribution in [3.05, 3.63) is 51.4 Å². The van der Waals surface area contributed by atoms with E-state index in [0.717, 1.165) is 23.3 Å². The summed E-state index contributed by atoms with van der Waals surface area (Å²) in [6.45, 7) is 5.82. The van der Waals surface area contributed by atoms with Gasteiger partial charge in [-0.3, -0.25) is 9.59 Å². The fourth-order valence-electron chi connectivity index (χ4n) is 5.06. The molecule has 2 aromatic heterocycles. The zero-order valence-corrected chi connectivity index (χ0v) is 21.2. The van der Waals surface area contributed by atoms with Gasteiger partial charge in [-0.05, 0) is 43.9 Å². The van der Waals surface area contributed by atoms with Crippen LogP contribution in [-0.4, -0.2) is 47.2 Å². The summed E-state index contributed by atoms with van der Waals surface area (Å²) in [7, 11) is 0. The van der Waals surface area contributed by atoms with Crippen molar-refractivity contribution in [2.75, 3.05) is 36.5 Å². The molecule has 0 unspecified atom stereocenters. The van der Waals surface area contributed by atoms with E-state index < -0.39 is 0 Å². The topological polar surface area (TPSA) is 118 Å². The first-order valence-electron chi connectivity index (χ1n) is 12.8. The highest BCUT2D eigenvalue weighted by atomic mass is 16.5. The molecule has 37 heavy (non-hydrogen) atoms. The van der Waals surface area contributed by atoms with Crippen molar-refractivity contribution in [2.24, 2.45) is 5.92 Å². The van der Waals surface area contributed by atoms with Gasteiger partial charge in [-0.25, -0.2) is 9.97 Å². The Labute approximate surface area is 215 Å². The lowest BCUT2D eigenvalue weighted by Crippen LogP contribution is -2.36. The van der Waals surface area contributed by atoms with Gasteiger partial charge in [0.2, 0.25) is 5.95 Å². The first kappa shape index (κ1) is 25.0. The molecule has 3 heterocycles. The van der Waals surface area contributed by atoms with Crippen molar-refractivity contribution < 1.29 is 19.1 Å². The number of nitrogens with zero attached hydrogens (tertiary/aromatic N) is 3. The van der Waals surface area contributed by atoms with Crippen LogP contribution in [0.1, 0.15) is 50.3 Å². The maximum atomic E-state index is 12.9. The van der Waals surface area contributed by atoms with Crippen LogP contribution < -0.4 is 15.6 Å². The van der Waals surface area contributed by atoms with E-state index in [0.29, 0.717) is 49.7 Å². The average Bonchev–Trinajstić information content (AvgIpc) is 3.39. The third-order valence-electron chi connectivity index (χ3n) is 7.16. The standard InChI is InChI=1S/C28H32N4O5/c1-17-21(12-20(18(2)33)11-19-5-3-4-6-19)16-29-28(30-17)31-22-13-23-24(34)15-26(32-7-9-36-10-8-32)37-27(23)25(35)14-22/h12-16,19,35H,3-11H2,1-2H3,(H,29,30,31)/b20-12+. The van der Waals surface area contributed by atoms with E-state index >= 15 is 0 Å². The van der Waals surface area contributed by atoms with E-state index in [2.05, 4.69) is 15.3 Å². The Kier molecular flexibility index (Phi) is 7.23. The van der Waals surface area contributed by atoms with Gasteiger partial charge in [0.15, 0.2) is 28.4 Å². The summed E-state index contributed by atoms with van der Waals surface area (Å²) in [5, 5.41) is 14.0. The third kappa shape index (κ3) is 5.67. The molecule has 0 bridgehead atoms. The van der Waals surface area contributed by atoms with Gasteiger partial charge in [-0.2, -0.15) is 0 Å². The van der Waals surface area contributed by atoms with Crippen LogP contribution in [0, 0.1) is 12.8 Å². The van der Waals surface area contributed by atoms with Gasteiger partial charge in [0.05, 0.1) is 24.3 Å². The van der Waals surface area contributed by atoms with Crippen molar-refractivity contribution in [2.45, 2.75) is 46.0 Å². The van der Waals surface area contributed by atoms with Crippen molar-refractivity contribution in [1.29, 1.82) is 0 Å². The van der Waals surface area contributed by atoms with Crippen LogP contribution in [0.5, 0.6) is 5.75 Å². The monoisotopic (exact) mass is 504 g/mol. The summed E-state index contributed by atoms with van der Waals surface area (Å²) in [5.74, 6) is 1.23. The number of rotatable bonds is 7. The molecule has 9 nitrogen and oxygen atoms in total. The van der Waals surface area contributed by atoms with E-state index in [1.54, 1.807) is 19.2 Å². The molecule has 1 aliphatic carbocycles. The second kappa shape index (κ2) is 10.7. The number of aryl methyl sites for hydroxylation is 1. The highest BCUT2D eigenvalue weighted by Gasteiger charge is 2.20. The fraction of sp³-hybridized carbons (Fsp3) is 0.429. The number of phenols is 1. The molecule has 0 amide bonds. The summed E-state index contributed by atoms with van der Waals surface area (Å²) < 4.78 is 11.2. The molecule has 5 rings (SSSR count). The second-order valence-electron chi connectivity index (χ2n) is 9.86. The Hall–Kier alpha value is -3.72. The Morgan fingerprint density at radius 3 is 2.68 bits per heavy atom. The SMILES string of the molecule is CC(=O)/C(=C/c1cnc(Nc2cc(O)c3oc(N4CCOCC4)cc(=O)c3c2)nc1C)CC1CCCC1. The molecule has 1 aliphatic heterocycles. The van der Waals surface area contributed by atoms with Crippen LogP contribution in [0.4, 0.5) is 17.5 Å². The van der Waals surface area contributed by atoms with Crippen LogP contribution in [0.3, 0.4) is 0 Å². The number of fused-ring (bicyclic) bond motifs is 1. The molecule has 0 radical (unpaired) electrons. The zero-order valence-electron chi connectivity index (χ0n) is 21.2. The summed E-state index contributed by atoms with van der Waals surface area (Å²) in [6.07, 6.45) is 9.20. The van der Waals surface area contributed by atoms with Crippen LogP contribution in [0.15, 0.2) is 39.2 Å². The minimum Gasteiger partial charge on any atom is -0.504 e. The number of ether oxygens (including phenoxy) is 1. The van der Waals surface area contributed by atoms with Gasteiger partial charge in [0, 0.05) is 42.7 Å². The fourth-order valence-corrected chi connectivity index (χ4v) is 5.06. The number of benzene rings is 1. The lowest BCUT2D eigenvalue weighted by molar-refractivity contribution is -0.113. The molecule has 2 fully saturated rings. The second-order valence-corrected chi connectivity index (χ2v) is 9.86. The molecular formula is C28H32N4O5. The van der Waals surface area contributed by atoms with Crippen molar-refractivity contribution >= 4 is 40.3 Å². The maximum absolute atomic E-state index is 12.9. The number of hydrogen-bond donors (Lipinski definition) is 2. The number of hydrogen-bond acceptors (Lipinski definition) is 9. The van der Waals surface area contributed by atoms with Gasteiger partial charge in [0.25, 0.3) is 0 Å². The number of anilines is 3. The van der Waals surface area contributed by atoms with Crippen molar-refractivity contribution in [3.8, 4) is 5.75 Å². The first-order valence-corrected chi connectivity index (χ1v) is 12.8. The predicted molar refractivity (Wildman–Crippen MR) is 142 cm³/mol. The highest BCUT2D eigenvalue weighted by Crippen LogP contribution is 2.33. The number of aromatic hydroxyl groups is 1. The number of aromatic nitrogens is 2. The molecule has 0 spiro atoms. The van der Waals surface area contributed by atoms with E-state index in [1.807, 2.05) is 17.9 Å². The molecule has 1 saturated carbocycles. The smallest absolute Gasteiger partial charge is 0.227 e. The van der Waals surface area contributed by atoms with Crippen molar-refractivity contribution in [3.63, 3.8) is 0 Å². The summed E-state index contributed by atoms with van der Waals surface area (Å²) in [5.41, 5.74) is 2.68. The van der Waals surface area contributed by atoms with E-state index in [-0.39, 0.29) is 27.9 Å². The minimum absolute atomic E-state index is 0.0794. The number of allylic oxidation sites excluding steroid dienone is 1. The average molecular weight is 505 g/mol. The number of phenolic OH excluding ortho intramolecular Hbond substituents is 1.